The molecule has 0 aromatic heterocycles. The maximum Gasteiger partial charge on any atom is 0.338 e. The topological polar surface area (TPSA) is 104 Å². The lowest BCUT2D eigenvalue weighted by molar-refractivity contribution is -0.252. The molecule has 0 spiro atoms. The van der Waals surface area contributed by atoms with Crippen LogP contribution in [0.2, 0.25) is 0 Å². The molecule has 184 valence electrons. The predicted molar refractivity (Wildman–Crippen MR) is 126 cm³/mol. The zero-order valence-electron chi connectivity index (χ0n) is 20.3. The number of aliphatic hydroxyl groups is 3. The molecule has 6 heteroatoms. The molecule has 5 rings (SSSR count). The molecule has 3 N–H and O–H groups in total. The molecule has 0 amide bonds. The minimum atomic E-state index is -1.78. The molecule has 0 saturated heterocycles. The largest absolute Gasteiger partial charge is 0.458 e. The number of benzene rings is 1. The molecule has 8 unspecified atom stereocenters. The molecule has 1 aromatic rings. The minimum absolute atomic E-state index is 0.0148. The fourth-order valence-electron chi connectivity index (χ4n) is 8.10. The van der Waals surface area contributed by atoms with Crippen LogP contribution in [0.5, 0.6) is 0 Å². The van der Waals surface area contributed by atoms with Gasteiger partial charge in [0.25, 0.3) is 0 Å². The first-order valence-electron chi connectivity index (χ1n) is 12.6. The van der Waals surface area contributed by atoms with Crippen LogP contribution in [0.4, 0.5) is 0 Å². The summed E-state index contributed by atoms with van der Waals surface area (Å²) in [7, 11) is 0. The van der Waals surface area contributed by atoms with Gasteiger partial charge in [-0.3, -0.25) is 4.79 Å². The van der Waals surface area contributed by atoms with E-state index in [-0.39, 0.29) is 36.2 Å². The predicted octanol–water partition coefficient (Wildman–Crippen LogP) is 3.58. The van der Waals surface area contributed by atoms with Crippen LogP contribution >= 0.6 is 0 Å². The van der Waals surface area contributed by atoms with Gasteiger partial charge in [-0.1, -0.05) is 43.7 Å². The molecule has 6 nitrogen and oxygen atoms in total. The van der Waals surface area contributed by atoms with E-state index in [2.05, 4.69) is 13.0 Å². The van der Waals surface area contributed by atoms with Crippen LogP contribution in [0, 0.1) is 22.7 Å². The highest BCUT2D eigenvalue weighted by atomic mass is 16.5. The van der Waals surface area contributed by atoms with E-state index in [0.29, 0.717) is 31.2 Å². The van der Waals surface area contributed by atoms with E-state index in [1.807, 2.05) is 6.07 Å². The highest BCUT2D eigenvalue weighted by Gasteiger charge is 2.76. The van der Waals surface area contributed by atoms with Gasteiger partial charge in [0.2, 0.25) is 0 Å². The summed E-state index contributed by atoms with van der Waals surface area (Å²) < 4.78 is 6.12. The zero-order valence-corrected chi connectivity index (χ0v) is 20.3. The van der Waals surface area contributed by atoms with Crippen molar-refractivity contribution in [1.82, 2.24) is 0 Å². The third kappa shape index (κ3) is 2.98. The number of allylic oxidation sites excluding steroid dienone is 1. The third-order valence-electron chi connectivity index (χ3n) is 10.3. The maximum atomic E-state index is 13.2. The number of ketones is 1. The average molecular weight is 469 g/mol. The monoisotopic (exact) mass is 468 g/mol. The van der Waals surface area contributed by atoms with Crippen molar-refractivity contribution in [1.29, 1.82) is 0 Å². The van der Waals surface area contributed by atoms with Crippen LogP contribution in [0.1, 0.15) is 76.1 Å². The Kier molecular flexibility index (Phi) is 5.40. The highest BCUT2D eigenvalue weighted by Crippen LogP contribution is 2.69. The molecule has 0 heterocycles. The molecule has 34 heavy (non-hydrogen) atoms. The normalized spacial score (nSPS) is 45.4. The number of hydrogen-bond acceptors (Lipinski definition) is 6. The number of esters is 1. The summed E-state index contributed by atoms with van der Waals surface area (Å²) in [6.45, 7) is 5.31. The smallest absolute Gasteiger partial charge is 0.338 e. The van der Waals surface area contributed by atoms with Crippen LogP contribution < -0.4 is 0 Å². The summed E-state index contributed by atoms with van der Waals surface area (Å²) >= 11 is 0. The number of rotatable bonds is 3. The van der Waals surface area contributed by atoms with Gasteiger partial charge in [0.15, 0.2) is 5.78 Å². The Hall–Kier alpha value is -2.02. The second kappa shape index (κ2) is 7.74. The number of aliphatic hydroxyl groups excluding tert-OH is 1. The van der Waals surface area contributed by atoms with E-state index >= 15 is 0 Å². The van der Waals surface area contributed by atoms with Gasteiger partial charge in [0.1, 0.15) is 11.7 Å². The Morgan fingerprint density at radius 2 is 1.74 bits per heavy atom. The van der Waals surface area contributed by atoms with Crippen molar-refractivity contribution < 1.29 is 29.6 Å². The molecule has 0 aliphatic heterocycles. The van der Waals surface area contributed by atoms with E-state index in [1.54, 1.807) is 31.2 Å². The average Bonchev–Trinajstić information content (AvgIpc) is 3.04. The van der Waals surface area contributed by atoms with Gasteiger partial charge < -0.3 is 20.1 Å². The molecule has 8 atom stereocenters. The standard InChI is InChI=1S/C28H36O6/c1-17(29)27(32)13-14-28(33)21-10-9-19-15-20(30)11-12-25(19,2)22(21)16-23(26(27,28)3)34-24(31)18-7-5-4-6-8-18/h4-9,20-23,30,32-33H,10-16H2,1-3H3. The Morgan fingerprint density at radius 1 is 1.03 bits per heavy atom. The van der Waals surface area contributed by atoms with Gasteiger partial charge in [-0.05, 0) is 81.3 Å². The Labute approximate surface area is 201 Å². The van der Waals surface area contributed by atoms with E-state index in [4.69, 9.17) is 4.74 Å². The van der Waals surface area contributed by atoms with Crippen LogP contribution in [-0.2, 0) is 9.53 Å². The molecule has 3 fully saturated rings. The van der Waals surface area contributed by atoms with Gasteiger partial charge in [-0.15, -0.1) is 0 Å². The number of carbonyl (C=O) groups excluding carboxylic acids is 2. The molecule has 3 saturated carbocycles. The fraction of sp³-hybridized carbons (Fsp3) is 0.643. The number of carbonyl (C=O) groups is 2. The molecule has 4 aliphatic carbocycles. The molecule has 1 aromatic carbocycles. The van der Waals surface area contributed by atoms with Crippen molar-refractivity contribution in [2.24, 2.45) is 22.7 Å². The van der Waals surface area contributed by atoms with Crippen LogP contribution in [0.25, 0.3) is 0 Å². The van der Waals surface area contributed by atoms with Crippen molar-refractivity contribution in [2.75, 3.05) is 0 Å². The third-order valence-corrected chi connectivity index (χ3v) is 10.3. The van der Waals surface area contributed by atoms with E-state index in [1.165, 1.54) is 12.5 Å². The van der Waals surface area contributed by atoms with Crippen molar-refractivity contribution in [3.63, 3.8) is 0 Å². The summed E-state index contributed by atoms with van der Waals surface area (Å²) in [5, 5.41) is 34.4. The SMILES string of the molecule is CC(=O)C1(O)CCC2(O)C3CC=C4CC(O)CCC4(C)C3CC(OC(=O)c3ccccc3)C12C. The first-order chi connectivity index (χ1) is 16.0. The summed E-state index contributed by atoms with van der Waals surface area (Å²) in [6, 6.07) is 8.71. The highest BCUT2D eigenvalue weighted by molar-refractivity contribution is 5.90. The summed E-state index contributed by atoms with van der Waals surface area (Å²) in [4.78, 5) is 26.0. The van der Waals surface area contributed by atoms with E-state index in [0.717, 1.165) is 6.42 Å². The lowest BCUT2D eigenvalue weighted by atomic mass is 9.44. The van der Waals surface area contributed by atoms with Crippen LogP contribution in [0.15, 0.2) is 42.0 Å². The quantitative estimate of drug-likeness (QED) is 0.463. The Bertz CT molecular complexity index is 1030. The first kappa shape index (κ1) is 23.7. The molecule has 0 radical (unpaired) electrons. The van der Waals surface area contributed by atoms with Gasteiger partial charge in [-0.25, -0.2) is 4.79 Å². The van der Waals surface area contributed by atoms with Gasteiger partial charge >= 0.3 is 5.97 Å². The van der Waals surface area contributed by atoms with Crippen molar-refractivity contribution in [3.8, 4) is 0 Å². The summed E-state index contributed by atoms with van der Waals surface area (Å²) in [5.74, 6) is -1.06. The van der Waals surface area contributed by atoms with E-state index < -0.39 is 34.5 Å². The maximum absolute atomic E-state index is 13.2. The number of fused-ring (bicyclic) bond motifs is 5. The summed E-state index contributed by atoms with van der Waals surface area (Å²) in [6.07, 6.45) is 4.61. The van der Waals surface area contributed by atoms with Crippen molar-refractivity contribution in [2.45, 2.75) is 89.1 Å². The zero-order chi connectivity index (χ0) is 24.5. The number of ether oxygens (including phenoxy) is 1. The lowest BCUT2D eigenvalue weighted by Gasteiger charge is -2.63. The van der Waals surface area contributed by atoms with Gasteiger partial charge in [0.05, 0.1) is 22.7 Å². The summed E-state index contributed by atoms with van der Waals surface area (Å²) in [5.41, 5.74) is -3.08. The van der Waals surface area contributed by atoms with Crippen LogP contribution in [-0.4, -0.2) is 50.5 Å². The van der Waals surface area contributed by atoms with Crippen molar-refractivity contribution >= 4 is 11.8 Å². The molecular weight excluding hydrogens is 432 g/mol. The minimum Gasteiger partial charge on any atom is -0.458 e. The number of Topliss-reactive ketones (excluding diaryl/α,β-unsaturated/α-hetero) is 1. The Morgan fingerprint density at radius 3 is 2.41 bits per heavy atom. The lowest BCUT2D eigenvalue weighted by Crippen LogP contribution is -2.71. The van der Waals surface area contributed by atoms with Crippen LogP contribution in [0.3, 0.4) is 0 Å². The second-order valence-corrected chi connectivity index (χ2v) is 11.5. The first-order valence-corrected chi connectivity index (χ1v) is 12.6. The Balaban J connectivity index is 1.60. The van der Waals surface area contributed by atoms with Gasteiger partial charge in [-0.2, -0.15) is 0 Å². The van der Waals surface area contributed by atoms with E-state index in [9.17, 15) is 24.9 Å². The number of hydrogen-bond donors (Lipinski definition) is 3. The fourth-order valence-corrected chi connectivity index (χ4v) is 8.10. The molecule has 0 bridgehead atoms. The second-order valence-electron chi connectivity index (χ2n) is 11.5. The van der Waals surface area contributed by atoms with Crippen molar-refractivity contribution in [3.05, 3.63) is 47.5 Å². The molecule has 4 aliphatic rings. The van der Waals surface area contributed by atoms with Gasteiger partial charge in [0, 0.05) is 0 Å². The molecular formula is C28H36O6.